The standard InChI is InChI=1S/C35H42ClF2N7O4S/c1-34(2,3)48-32(46)42-31-40-27-20(8-9-23(37)28(27)50-31)24-22(36)18-21-26(25(24)38)39-29(19-10-12-43(7)13-11-19)41-30(21)44-14-16-45(17-15-44)33(47)49-35(4,5)6/h8-9,18-19H,10-17H2,1-7H3,(H,40,42,46). The van der Waals surface area contributed by atoms with Gasteiger partial charge in [0, 0.05) is 48.6 Å². The van der Waals surface area contributed by atoms with Crippen molar-refractivity contribution in [1.29, 1.82) is 0 Å². The Morgan fingerprint density at radius 3 is 2.22 bits per heavy atom. The molecule has 11 nitrogen and oxygen atoms in total. The van der Waals surface area contributed by atoms with E-state index in [-0.39, 0.29) is 49.0 Å². The first-order valence-corrected chi connectivity index (χ1v) is 17.9. The predicted octanol–water partition coefficient (Wildman–Crippen LogP) is 8.05. The van der Waals surface area contributed by atoms with Crippen molar-refractivity contribution in [3.05, 3.63) is 40.7 Å². The average molecular weight is 730 g/mol. The van der Waals surface area contributed by atoms with E-state index >= 15 is 8.78 Å². The zero-order valence-corrected chi connectivity index (χ0v) is 30.9. The number of nitrogens with zero attached hydrogens (tertiary/aromatic N) is 6. The third kappa shape index (κ3) is 7.71. The van der Waals surface area contributed by atoms with E-state index in [9.17, 15) is 9.59 Å². The maximum Gasteiger partial charge on any atom is 0.413 e. The SMILES string of the molecule is CN1CCC(c2nc(N3CCN(C(=O)OC(C)(C)C)CC3)c3cc(Cl)c(-c4ccc(F)c5sc(NC(=O)OC(C)(C)C)nc45)c(F)c3n2)CC1. The van der Waals surface area contributed by atoms with Crippen LogP contribution in [0.4, 0.5) is 29.3 Å². The van der Waals surface area contributed by atoms with Crippen molar-refractivity contribution >= 4 is 67.2 Å². The molecule has 6 rings (SSSR count). The van der Waals surface area contributed by atoms with Crippen LogP contribution >= 0.6 is 22.9 Å². The van der Waals surface area contributed by atoms with Gasteiger partial charge in [0.05, 0.1) is 15.2 Å². The third-order valence-electron chi connectivity index (χ3n) is 8.57. The van der Waals surface area contributed by atoms with Crippen LogP contribution in [0.15, 0.2) is 18.2 Å². The van der Waals surface area contributed by atoms with Crippen LogP contribution in [-0.2, 0) is 9.47 Å². The molecule has 268 valence electrons. The first-order chi connectivity index (χ1) is 23.5. The molecule has 0 unspecified atom stereocenters. The highest BCUT2D eigenvalue weighted by molar-refractivity contribution is 7.22. The summed E-state index contributed by atoms with van der Waals surface area (Å²) in [5, 5.41) is 3.15. The first kappa shape index (κ1) is 35.9. The molecular formula is C35H42ClF2N7O4S. The molecule has 2 aromatic carbocycles. The van der Waals surface area contributed by atoms with Gasteiger partial charge in [-0.2, -0.15) is 0 Å². The van der Waals surface area contributed by atoms with E-state index in [0.717, 1.165) is 37.3 Å². The Labute approximate surface area is 298 Å². The normalized spacial score (nSPS) is 16.7. The minimum atomic E-state index is -0.752. The number of aromatic nitrogens is 3. The molecule has 2 saturated heterocycles. The number of piperidine rings is 1. The van der Waals surface area contributed by atoms with Crippen LogP contribution in [0.3, 0.4) is 0 Å². The third-order valence-corrected chi connectivity index (χ3v) is 9.84. The molecule has 0 spiro atoms. The second-order valence-electron chi connectivity index (χ2n) is 14.8. The lowest BCUT2D eigenvalue weighted by Gasteiger charge is -2.37. The molecule has 2 amide bonds. The quantitative estimate of drug-likeness (QED) is 0.223. The van der Waals surface area contributed by atoms with Gasteiger partial charge in [0.2, 0.25) is 0 Å². The Morgan fingerprint density at radius 2 is 1.58 bits per heavy atom. The zero-order chi connectivity index (χ0) is 36.1. The van der Waals surface area contributed by atoms with Crippen molar-refractivity contribution in [3.8, 4) is 11.1 Å². The van der Waals surface area contributed by atoms with Crippen molar-refractivity contribution in [2.75, 3.05) is 56.5 Å². The zero-order valence-electron chi connectivity index (χ0n) is 29.3. The van der Waals surface area contributed by atoms with E-state index in [1.165, 1.54) is 12.1 Å². The lowest BCUT2D eigenvalue weighted by atomic mass is 9.95. The minimum absolute atomic E-state index is 0.0204. The van der Waals surface area contributed by atoms with E-state index < -0.39 is 28.9 Å². The summed E-state index contributed by atoms with van der Waals surface area (Å²) in [6, 6.07) is 4.30. The van der Waals surface area contributed by atoms with Crippen molar-refractivity contribution in [2.45, 2.75) is 71.5 Å². The molecule has 4 heterocycles. The van der Waals surface area contributed by atoms with Crippen LogP contribution in [-0.4, -0.2) is 94.5 Å². The fraction of sp³-hybridized carbons (Fsp3) is 0.514. The Balaban J connectivity index is 1.42. The number of rotatable bonds is 4. The van der Waals surface area contributed by atoms with Crippen LogP contribution in [0.5, 0.6) is 0 Å². The molecule has 0 saturated carbocycles. The number of fused-ring (bicyclic) bond motifs is 2. The number of likely N-dealkylation sites (tertiary alicyclic amines) is 1. The molecule has 2 aliphatic rings. The summed E-state index contributed by atoms with van der Waals surface area (Å²) in [5.74, 6) is -0.143. The molecule has 0 atom stereocenters. The van der Waals surface area contributed by atoms with Gasteiger partial charge in [-0.15, -0.1) is 0 Å². The highest BCUT2D eigenvalue weighted by Crippen LogP contribution is 2.43. The van der Waals surface area contributed by atoms with Crippen LogP contribution in [0.2, 0.25) is 5.02 Å². The number of amides is 2. The van der Waals surface area contributed by atoms with Gasteiger partial charge in [-0.3, -0.25) is 5.32 Å². The van der Waals surface area contributed by atoms with E-state index in [0.29, 0.717) is 43.2 Å². The van der Waals surface area contributed by atoms with Crippen LogP contribution < -0.4 is 10.2 Å². The number of anilines is 2. The number of piperazine rings is 1. The van der Waals surface area contributed by atoms with Crippen molar-refractivity contribution in [3.63, 3.8) is 0 Å². The van der Waals surface area contributed by atoms with Gasteiger partial charge in [0.25, 0.3) is 0 Å². The predicted molar refractivity (Wildman–Crippen MR) is 192 cm³/mol. The molecule has 1 N–H and O–H groups in total. The van der Waals surface area contributed by atoms with Gasteiger partial charge in [-0.05, 0) is 92.7 Å². The maximum absolute atomic E-state index is 17.0. The second kappa shape index (κ2) is 13.7. The van der Waals surface area contributed by atoms with Gasteiger partial charge in [0.15, 0.2) is 10.9 Å². The number of halogens is 3. The second-order valence-corrected chi connectivity index (χ2v) is 16.2. The highest BCUT2D eigenvalue weighted by Gasteiger charge is 2.31. The molecule has 0 aliphatic carbocycles. The minimum Gasteiger partial charge on any atom is -0.444 e. The smallest absolute Gasteiger partial charge is 0.413 e. The molecule has 2 fully saturated rings. The average Bonchev–Trinajstić information content (AvgIpc) is 3.45. The summed E-state index contributed by atoms with van der Waals surface area (Å²) in [7, 11) is 2.07. The fourth-order valence-corrected chi connectivity index (χ4v) is 7.36. The number of hydrogen-bond donors (Lipinski definition) is 1. The number of benzene rings is 2. The maximum atomic E-state index is 17.0. The van der Waals surface area contributed by atoms with Gasteiger partial charge < -0.3 is 24.2 Å². The van der Waals surface area contributed by atoms with Crippen molar-refractivity contribution in [1.82, 2.24) is 24.8 Å². The van der Waals surface area contributed by atoms with Gasteiger partial charge >= 0.3 is 12.2 Å². The van der Waals surface area contributed by atoms with E-state index in [1.807, 2.05) is 25.7 Å². The summed E-state index contributed by atoms with van der Waals surface area (Å²) in [6.07, 6.45) is 0.514. The molecule has 15 heteroatoms. The summed E-state index contributed by atoms with van der Waals surface area (Å²) >= 11 is 7.80. The van der Waals surface area contributed by atoms with Crippen molar-refractivity contribution in [2.24, 2.45) is 0 Å². The summed E-state index contributed by atoms with van der Waals surface area (Å²) in [6.45, 7) is 14.1. The molecule has 50 heavy (non-hydrogen) atoms. The van der Waals surface area contributed by atoms with Gasteiger partial charge in [0.1, 0.15) is 34.2 Å². The van der Waals surface area contributed by atoms with E-state index in [2.05, 4.69) is 22.2 Å². The highest BCUT2D eigenvalue weighted by atomic mass is 35.5. The fourth-order valence-electron chi connectivity index (χ4n) is 6.18. The van der Waals surface area contributed by atoms with Crippen LogP contribution in [0.1, 0.15) is 66.1 Å². The molecule has 0 bridgehead atoms. The Hall–Kier alpha value is -3.88. The topological polar surface area (TPSA) is 113 Å². The van der Waals surface area contributed by atoms with Crippen molar-refractivity contribution < 1.29 is 27.8 Å². The first-order valence-electron chi connectivity index (χ1n) is 16.7. The van der Waals surface area contributed by atoms with Crippen LogP contribution in [0, 0.1) is 11.6 Å². The Bertz CT molecular complexity index is 1950. The number of thiazole rings is 1. The number of ether oxygens (including phenoxy) is 2. The summed E-state index contributed by atoms with van der Waals surface area (Å²) in [4.78, 5) is 45.5. The lowest BCUT2D eigenvalue weighted by molar-refractivity contribution is 0.0240. The lowest BCUT2D eigenvalue weighted by Crippen LogP contribution is -2.50. The van der Waals surface area contributed by atoms with Crippen LogP contribution in [0.25, 0.3) is 32.2 Å². The molecule has 4 aromatic rings. The number of nitrogens with one attached hydrogen (secondary N) is 1. The molecule has 0 radical (unpaired) electrons. The van der Waals surface area contributed by atoms with E-state index in [4.69, 9.17) is 31.0 Å². The number of hydrogen-bond acceptors (Lipinski definition) is 10. The number of carbonyl (C=O) groups excluding carboxylic acids is 2. The van der Waals surface area contributed by atoms with Gasteiger partial charge in [-0.25, -0.2) is 33.3 Å². The van der Waals surface area contributed by atoms with Gasteiger partial charge in [-0.1, -0.05) is 22.9 Å². The molecular weight excluding hydrogens is 688 g/mol. The van der Waals surface area contributed by atoms with E-state index in [1.54, 1.807) is 31.7 Å². The summed E-state index contributed by atoms with van der Waals surface area (Å²) in [5.41, 5.74) is -0.852. The monoisotopic (exact) mass is 729 g/mol. The Kier molecular flexibility index (Phi) is 9.83. The summed E-state index contributed by atoms with van der Waals surface area (Å²) < 4.78 is 43.2. The molecule has 2 aromatic heterocycles. The largest absolute Gasteiger partial charge is 0.444 e. The number of carbonyl (C=O) groups is 2. The Morgan fingerprint density at radius 1 is 0.920 bits per heavy atom. The molecule has 2 aliphatic heterocycles.